The fraction of sp³-hybridized carbons (Fsp3) is 0.222. The standard InChI is InChI=1S/C16H11Cl3O2.C2H4O2.H2O/c1-16(9-2-4-10(17)5-3-9)7-8-6-11(20)13(18)14(19)12(8)15(16)21;1-2(3)4;/h2-6,20H,7H2,1H3;1H3,(H,3,4);1H2. The summed E-state index contributed by atoms with van der Waals surface area (Å²) in [6, 6.07) is 8.69. The van der Waals surface area contributed by atoms with E-state index in [1.165, 1.54) is 6.07 Å². The van der Waals surface area contributed by atoms with E-state index in [2.05, 4.69) is 0 Å². The van der Waals surface area contributed by atoms with E-state index in [0.717, 1.165) is 12.5 Å². The molecule has 0 saturated heterocycles. The van der Waals surface area contributed by atoms with E-state index in [-0.39, 0.29) is 27.1 Å². The van der Waals surface area contributed by atoms with Gasteiger partial charge < -0.3 is 15.7 Å². The number of carboxylic acid groups (broad SMARTS) is 1. The van der Waals surface area contributed by atoms with E-state index >= 15 is 0 Å². The van der Waals surface area contributed by atoms with Gasteiger partial charge in [-0.1, -0.05) is 46.9 Å². The van der Waals surface area contributed by atoms with E-state index in [1.807, 2.05) is 19.1 Å². The number of halogens is 3. The maximum absolute atomic E-state index is 12.8. The van der Waals surface area contributed by atoms with E-state index < -0.39 is 11.4 Å². The van der Waals surface area contributed by atoms with Crippen molar-refractivity contribution in [1.82, 2.24) is 0 Å². The Morgan fingerprint density at radius 1 is 1.12 bits per heavy atom. The van der Waals surface area contributed by atoms with Gasteiger partial charge in [0.2, 0.25) is 0 Å². The minimum Gasteiger partial charge on any atom is -0.506 e. The number of hydrogen-bond acceptors (Lipinski definition) is 3. The molecule has 0 amide bonds. The molecule has 0 spiro atoms. The molecular formula is C18H17Cl3O5. The molecule has 0 heterocycles. The molecule has 1 unspecified atom stereocenters. The summed E-state index contributed by atoms with van der Waals surface area (Å²) in [5.41, 5.74) is 1.24. The Morgan fingerprint density at radius 3 is 2.12 bits per heavy atom. The SMILES string of the molecule is CC(=O)O.CC1(c2ccc(Cl)cc2)Cc2cc(O)c(Cl)c(Cl)c2C1=O.O. The van der Waals surface area contributed by atoms with Crippen LogP contribution in [0.25, 0.3) is 0 Å². The number of phenolic OH excluding ortho intramolecular Hbond substituents is 1. The van der Waals surface area contributed by atoms with Crippen LogP contribution in [0.2, 0.25) is 15.1 Å². The molecule has 0 saturated carbocycles. The van der Waals surface area contributed by atoms with Gasteiger partial charge in [0.25, 0.3) is 5.97 Å². The maximum Gasteiger partial charge on any atom is 0.300 e. The van der Waals surface area contributed by atoms with Crippen molar-refractivity contribution in [3.05, 3.63) is 62.1 Å². The summed E-state index contributed by atoms with van der Waals surface area (Å²) in [5, 5.41) is 18.0. The molecule has 1 aliphatic carbocycles. The molecule has 8 heteroatoms. The lowest BCUT2D eigenvalue weighted by Gasteiger charge is -2.22. The highest BCUT2D eigenvalue weighted by Gasteiger charge is 2.44. The number of ketones is 1. The molecule has 0 bridgehead atoms. The number of hydrogen-bond donors (Lipinski definition) is 2. The molecular weight excluding hydrogens is 403 g/mol. The molecule has 5 nitrogen and oxygen atoms in total. The summed E-state index contributed by atoms with van der Waals surface area (Å²) in [6.45, 7) is 2.94. The van der Waals surface area contributed by atoms with Gasteiger partial charge in [0.1, 0.15) is 10.8 Å². The normalized spacial score (nSPS) is 17.7. The number of Topliss-reactive ketones (excluding diaryl/α,β-unsaturated/α-hetero) is 1. The zero-order chi connectivity index (χ0) is 18.9. The molecule has 0 aliphatic heterocycles. The number of rotatable bonds is 1. The number of phenols is 1. The van der Waals surface area contributed by atoms with Crippen LogP contribution in [0, 0.1) is 0 Å². The molecule has 0 aromatic heterocycles. The van der Waals surface area contributed by atoms with Gasteiger partial charge in [-0.3, -0.25) is 9.59 Å². The average Bonchev–Trinajstić information content (AvgIpc) is 2.77. The fourth-order valence-corrected chi connectivity index (χ4v) is 3.42. The lowest BCUT2D eigenvalue weighted by Crippen LogP contribution is -2.29. The van der Waals surface area contributed by atoms with Gasteiger partial charge in [0.05, 0.1) is 10.4 Å². The van der Waals surface area contributed by atoms with Crippen LogP contribution in [0.4, 0.5) is 0 Å². The first-order chi connectivity index (χ1) is 11.6. The van der Waals surface area contributed by atoms with Gasteiger partial charge in [-0.15, -0.1) is 0 Å². The minimum atomic E-state index is -0.833. The number of benzene rings is 2. The van der Waals surface area contributed by atoms with Crippen molar-refractivity contribution in [3.63, 3.8) is 0 Å². The highest BCUT2D eigenvalue weighted by molar-refractivity contribution is 6.45. The van der Waals surface area contributed by atoms with E-state index in [9.17, 15) is 9.90 Å². The average molecular weight is 420 g/mol. The molecule has 0 radical (unpaired) electrons. The quantitative estimate of drug-likeness (QED) is 0.718. The third-order valence-corrected chi connectivity index (χ3v) is 5.13. The second kappa shape index (κ2) is 8.27. The fourth-order valence-electron chi connectivity index (χ4n) is 2.84. The van der Waals surface area contributed by atoms with Crippen molar-refractivity contribution in [3.8, 4) is 5.75 Å². The second-order valence-electron chi connectivity index (χ2n) is 5.92. The van der Waals surface area contributed by atoms with Gasteiger partial charge in [0.15, 0.2) is 5.78 Å². The van der Waals surface area contributed by atoms with Crippen molar-refractivity contribution in [2.75, 3.05) is 0 Å². The smallest absolute Gasteiger partial charge is 0.300 e. The van der Waals surface area contributed by atoms with Gasteiger partial charge in [0, 0.05) is 17.5 Å². The van der Waals surface area contributed by atoms with Crippen LogP contribution in [-0.2, 0) is 16.6 Å². The Bertz CT molecular complexity index is 845. The molecule has 3 rings (SSSR count). The lowest BCUT2D eigenvalue weighted by atomic mass is 9.79. The van der Waals surface area contributed by atoms with Gasteiger partial charge >= 0.3 is 0 Å². The number of carboxylic acids is 1. The van der Waals surface area contributed by atoms with Crippen molar-refractivity contribution in [2.45, 2.75) is 25.7 Å². The zero-order valence-electron chi connectivity index (χ0n) is 13.9. The van der Waals surface area contributed by atoms with Crippen LogP contribution in [0.15, 0.2) is 30.3 Å². The molecule has 26 heavy (non-hydrogen) atoms. The number of carbonyl (C=O) groups is 2. The van der Waals surface area contributed by atoms with Crippen LogP contribution in [0.3, 0.4) is 0 Å². The molecule has 0 fully saturated rings. The molecule has 140 valence electrons. The predicted octanol–water partition coefficient (Wildman–Crippen LogP) is 4.32. The van der Waals surface area contributed by atoms with Crippen LogP contribution >= 0.6 is 34.8 Å². The second-order valence-corrected chi connectivity index (χ2v) is 7.11. The van der Waals surface area contributed by atoms with Crippen LogP contribution in [0.5, 0.6) is 5.75 Å². The van der Waals surface area contributed by atoms with E-state index in [0.29, 0.717) is 22.6 Å². The molecule has 2 aromatic carbocycles. The van der Waals surface area contributed by atoms with Crippen LogP contribution < -0.4 is 0 Å². The Morgan fingerprint density at radius 2 is 1.62 bits per heavy atom. The monoisotopic (exact) mass is 418 g/mol. The highest BCUT2D eigenvalue weighted by atomic mass is 35.5. The van der Waals surface area contributed by atoms with E-state index in [4.69, 9.17) is 44.7 Å². The van der Waals surface area contributed by atoms with Crippen LogP contribution in [-0.4, -0.2) is 27.4 Å². The van der Waals surface area contributed by atoms with Crippen molar-refractivity contribution >= 4 is 46.6 Å². The Kier molecular flexibility index (Phi) is 7.08. The number of aromatic hydroxyl groups is 1. The van der Waals surface area contributed by atoms with Crippen molar-refractivity contribution in [1.29, 1.82) is 0 Å². The van der Waals surface area contributed by atoms with Gasteiger partial charge in [-0.2, -0.15) is 0 Å². The summed E-state index contributed by atoms with van der Waals surface area (Å²) >= 11 is 18.0. The summed E-state index contributed by atoms with van der Waals surface area (Å²) in [6.07, 6.45) is 0.466. The molecule has 1 atom stereocenters. The minimum absolute atomic E-state index is 0. The van der Waals surface area contributed by atoms with Crippen molar-refractivity contribution < 1.29 is 25.3 Å². The first-order valence-corrected chi connectivity index (χ1v) is 8.41. The molecule has 4 N–H and O–H groups in total. The van der Waals surface area contributed by atoms with E-state index in [1.54, 1.807) is 12.1 Å². The Balaban J connectivity index is 0.000000616. The molecule has 1 aliphatic rings. The summed E-state index contributed by atoms with van der Waals surface area (Å²) in [7, 11) is 0. The predicted molar refractivity (Wildman–Crippen MR) is 102 cm³/mol. The number of carbonyl (C=O) groups excluding carboxylic acids is 1. The first kappa shape index (κ1) is 22.3. The lowest BCUT2D eigenvalue weighted by molar-refractivity contribution is -0.134. The van der Waals surface area contributed by atoms with Gasteiger partial charge in [-0.25, -0.2) is 0 Å². The largest absolute Gasteiger partial charge is 0.506 e. The van der Waals surface area contributed by atoms with Gasteiger partial charge in [-0.05, 0) is 42.7 Å². The third kappa shape index (κ3) is 4.13. The Hall–Kier alpha value is -1.79. The van der Waals surface area contributed by atoms with Crippen molar-refractivity contribution in [2.24, 2.45) is 0 Å². The maximum atomic E-state index is 12.8. The zero-order valence-corrected chi connectivity index (χ0v) is 16.2. The van der Waals surface area contributed by atoms with Crippen LogP contribution in [0.1, 0.15) is 35.3 Å². The summed E-state index contributed by atoms with van der Waals surface area (Å²) < 4.78 is 0. The molecule has 2 aromatic rings. The summed E-state index contributed by atoms with van der Waals surface area (Å²) in [5.74, 6) is -1.03. The highest BCUT2D eigenvalue weighted by Crippen LogP contribution is 2.46. The number of aliphatic carboxylic acids is 1. The first-order valence-electron chi connectivity index (χ1n) is 7.28. The number of fused-ring (bicyclic) bond motifs is 1. The third-order valence-electron chi connectivity index (χ3n) is 4.02. The summed E-state index contributed by atoms with van der Waals surface area (Å²) in [4.78, 5) is 21.8. The topological polar surface area (TPSA) is 106 Å². The Labute approximate surface area is 165 Å².